The number of rotatable bonds is 3. The normalized spacial score (nSPS) is 11.5. The van der Waals surface area contributed by atoms with Crippen LogP contribution in [-0.2, 0) is 6.18 Å². The van der Waals surface area contributed by atoms with Crippen LogP contribution in [0.25, 0.3) is 0 Å². The first-order chi connectivity index (χ1) is 9.81. The molecule has 0 saturated carbocycles. The van der Waals surface area contributed by atoms with Gasteiger partial charge < -0.3 is 10.6 Å². The van der Waals surface area contributed by atoms with Crippen LogP contribution in [0.15, 0.2) is 30.3 Å². The lowest BCUT2D eigenvalue weighted by molar-refractivity contribution is -0.141. The Kier molecular flexibility index (Phi) is 3.97. The number of nitrogens with two attached hydrogens (primary N) is 1. The zero-order chi connectivity index (χ0) is 15.6. The van der Waals surface area contributed by atoms with E-state index in [0.29, 0.717) is 12.2 Å². The summed E-state index contributed by atoms with van der Waals surface area (Å²) in [7, 11) is 0. The topological polar surface area (TPSA) is 55.0 Å². The number of aromatic nitrogens is 2. The lowest BCUT2D eigenvalue weighted by atomic mass is 10.2. The van der Waals surface area contributed by atoms with Gasteiger partial charge in [-0.15, -0.1) is 0 Å². The summed E-state index contributed by atoms with van der Waals surface area (Å²) in [6.07, 6.45) is -4.62. The SMILES string of the molecule is CCN(c1ccc(F)cc1)c1cc(C(F)(F)F)nc(N)n1. The summed E-state index contributed by atoms with van der Waals surface area (Å²) in [5, 5.41) is 0. The van der Waals surface area contributed by atoms with E-state index >= 15 is 0 Å². The van der Waals surface area contributed by atoms with Crippen molar-refractivity contribution in [1.29, 1.82) is 0 Å². The van der Waals surface area contributed by atoms with Crippen LogP contribution >= 0.6 is 0 Å². The summed E-state index contributed by atoms with van der Waals surface area (Å²) in [4.78, 5) is 8.48. The Morgan fingerprint density at radius 2 is 1.76 bits per heavy atom. The van der Waals surface area contributed by atoms with Crippen molar-refractivity contribution in [3.8, 4) is 0 Å². The van der Waals surface area contributed by atoms with Gasteiger partial charge in [0.25, 0.3) is 0 Å². The summed E-state index contributed by atoms with van der Waals surface area (Å²) < 4.78 is 51.2. The Morgan fingerprint density at radius 3 is 2.29 bits per heavy atom. The highest BCUT2D eigenvalue weighted by Crippen LogP contribution is 2.32. The highest BCUT2D eigenvalue weighted by Gasteiger charge is 2.34. The van der Waals surface area contributed by atoms with Crippen molar-refractivity contribution in [3.05, 3.63) is 41.8 Å². The van der Waals surface area contributed by atoms with E-state index in [2.05, 4.69) is 9.97 Å². The predicted molar refractivity (Wildman–Crippen MR) is 70.5 cm³/mol. The van der Waals surface area contributed by atoms with Crippen molar-refractivity contribution in [2.24, 2.45) is 0 Å². The summed E-state index contributed by atoms with van der Waals surface area (Å²) in [6, 6.07) is 6.14. The number of benzene rings is 1. The molecule has 4 nitrogen and oxygen atoms in total. The average molecular weight is 300 g/mol. The van der Waals surface area contributed by atoms with Crippen LogP contribution in [-0.4, -0.2) is 16.5 Å². The summed E-state index contributed by atoms with van der Waals surface area (Å²) >= 11 is 0. The van der Waals surface area contributed by atoms with Crippen LogP contribution in [0.4, 0.5) is 35.0 Å². The molecule has 0 fully saturated rings. The first-order valence-electron chi connectivity index (χ1n) is 6.06. The van der Waals surface area contributed by atoms with Crippen LogP contribution in [0.1, 0.15) is 12.6 Å². The maximum Gasteiger partial charge on any atom is 0.433 e. The fourth-order valence-corrected chi connectivity index (χ4v) is 1.83. The van der Waals surface area contributed by atoms with Gasteiger partial charge in [-0.2, -0.15) is 18.2 Å². The molecule has 2 rings (SSSR count). The van der Waals surface area contributed by atoms with Gasteiger partial charge in [-0.1, -0.05) is 0 Å². The second-order valence-electron chi connectivity index (χ2n) is 4.19. The van der Waals surface area contributed by atoms with Gasteiger partial charge in [-0.05, 0) is 31.2 Å². The minimum atomic E-state index is -4.62. The van der Waals surface area contributed by atoms with Gasteiger partial charge in [0.15, 0.2) is 5.69 Å². The third kappa shape index (κ3) is 3.39. The molecular weight excluding hydrogens is 288 g/mol. The van der Waals surface area contributed by atoms with E-state index in [1.165, 1.54) is 29.2 Å². The first-order valence-corrected chi connectivity index (χ1v) is 6.06. The maximum atomic E-state index is 12.9. The highest BCUT2D eigenvalue weighted by atomic mass is 19.4. The first kappa shape index (κ1) is 15.0. The van der Waals surface area contributed by atoms with Gasteiger partial charge in [0.2, 0.25) is 5.95 Å². The molecule has 8 heteroatoms. The minimum Gasteiger partial charge on any atom is -0.368 e. The molecule has 0 amide bonds. The average Bonchev–Trinajstić information content (AvgIpc) is 2.40. The minimum absolute atomic E-state index is 0.00364. The Labute approximate surface area is 118 Å². The molecule has 0 spiro atoms. The lowest BCUT2D eigenvalue weighted by Gasteiger charge is -2.23. The smallest absolute Gasteiger partial charge is 0.368 e. The number of hydrogen-bond acceptors (Lipinski definition) is 4. The molecule has 0 saturated heterocycles. The fourth-order valence-electron chi connectivity index (χ4n) is 1.83. The Bertz CT molecular complexity index is 625. The molecule has 0 aliphatic rings. The molecule has 0 aliphatic carbocycles. The molecule has 1 heterocycles. The lowest BCUT2D eigenvalue weighted by Crippen LogP contribution is -2.20. The molecular formula is C13H12F4N4. The van der Waals surface area contributed by atoms with Crippen molar-refractivity contribution in [2.75, 3.05) is 17.2 Å². The highest BCUT2D eigenvalue weighted by molar-refractivity contribution is 5.61. The molecule has 2 aromatic rings. The molecule has 0 atom stereocenters. The van der Waals surface area contributed by atoms with E-state index in [9.17, 15) is 17.6 Å². The Morgan fingerprint density at radius 1 is 1.14 bits per heavy atom. The Hall–Kier alpha value is -2.38. The van der Waals surface area contributed by atoms with Crippen molar-refractivity contribution in [2.45, 2.75) is 13.1 Å². The molecule has 112 valence electrons. The predicted octanol–water partition coefficient (Wildman–Crippen LogP) is 3.37. The van der Waals surface area contributed by atoms with Crippen LogP contribution in [0.5, 0.6) is 0 Å². The van der Waals surface area contributed by atoms with Crippen LogP contribution in [0, 0.1) is 5.82 Å². The van der Waals surface area contributed by atoms with Gasteiger partial charge in [0.1, 0.15) is 11.6 Å². The quantitative estimate of drug-likeness (QED) is 0.883. The number of nitrogen functional groups attached to an aromatic ring is 1. The van der Waals surface area contributed by atoms with Gasteiger partial charge in [-0.25, -0.2) is 9.37 Å². The Balaban J connectivity index is 2.47. The monoisotopic (exact) mass is 300 g/mol. The third-order valence-corrected chi connectivity index (χ3v) is 2.75. The van der Waals surface area contributed by atoms with Crippen molar-refractivity contribution < 1.29 is 17.6 Å². The zero-order valence-electron chi connectivity index (χ0n) is 11.0. The van der Waals surface area contributed by atoms with Crippen LogP contribution in [0.3, 0.4) is 0 Å². The second kappa shape index (κ2) is 5.55. The molecule has 1 aromatic carbocycles. The van der Waals surface area contributed by atoms with Gasteiger partial charge in [0.05, 0.1) is 0 Å². The molecule has 0 unspecified atom stereocenters. The summed E-state index contributed by atoms with van der Waals surface area (Å²) in [5.74, 6) is -0.905. The number of alkyl halides is 3. The maximum absolute atomic E-state index is 12.9. The van der Waals surface area contributed by atoms with E-state index in [4.69, 9.17) is 5.73 Å². The molecule has 0 aliphatic heterocycles. The van der Waals surface area contributed by atoms with E-state index in [1.54, 1.807) is 6.92 Å². The number of hydrogen-bond donors (Lipinski definition) is 1. The second-order valence-corrected chi connectivity index (χ2v) is 4.19. The van der Waals surface area contributed by atoms with Gasteiger partial charge >= 0.3 is 6.18 Å². The summed E-state index contributed by atoms with van der Waals surface area (Å²) in [5.41, 5.74) is 4.73. The number of anilines is 3. The van der Waals surface area contributed by atoms with Gasteiger partial charge in [0, 0.05) is 18.3 Å². The van der Waals surface area contributed by atoms with E-state index in [1.807, 2.05) is 0 Å². The molecule has 0 radical (unpaired) electrons. The largest absolute Gasteiger partial charge is 0.433 e. The third-order valence-electron chi connectivity index (χ3n) is 2.75. The number of nitrogens with zero attached hydrogens (tertiary/aromatic N) is 3. The van der Waals surface area contributed by atoms with Crippen LogP contribution < -0.4 is 10.6 Å². The molecule has 0 bridgehead atoms. The summed E-state index contributed by atoms with van der Waals surface area (Å²) in [6.45, 7) is 2.06. The molecule has 21 heavy (non-hydrogen) atoms. The fraction of sp³-hybridized carbons (Fsp3) is 0.231. The van der Waals surface area contributed by atoms with Crippen molar-refractivity contribution >= 4 is 17.5 Å². The standard InChI is InChI=1S/C13H12F4N4/c1-2-21(9-5-3-8(14)4-6-9)11-7-10(13(15,16)17)19-12(18)20-11/h3-7H,2H2,1H3,(H2,18,19,20). The molecule has 1 aromatic heterocycles. The van der Waals surface area contributed by atoms with E-state index in [0.717, 1.165) is 6.07 Å². The molecule has 2 N–H and O–H groups in total. The van der Waals surface area contributed by atoms with Crippen molar-refractivity contribution in [1.82, 2.24) is 9.97 Å². The van der Waals surface area contributed by atoms with E-state index in [-0.39, 0.29) is 5.82 Å². The van der Waals surface area contributed by atoms with Crippen LogP contribution in [0.2, 0.25) is 0 Å². The van der Waals surface area contributed by atoms with Gasteiger partial charge in [-0.3, -0.25) is 0 Å². The zero-order valence-corrected chi connectivity index (χ0v) is 11.0. The van der Waals surface area contributed by atoms with Crippen molar-refractivity contribution in [3.63, 3.8) is 0 Å². The number of halogens is 4. The van der Waals surface area contributed by atoms with E-state index < -0.39 is 23.6 Å².